The van der Waals surface area contributed by atoms with Crippen LogP contribution in [0.25, 0.3) is 16.7 Å². The van der Waals surface area contributed by atoms with Crippen molar-refractivity contribution in [2.45, 2.75) is 96.8 Å². The molecule has 2 aliphatic heterocycles. The van der Waals surface area contributed by atoms with Crippen LogP contribution in [0, 0.1) is 0 Å². The number of hydrogen-bond acceptors (Lipinski definition) is 8. The Balaban J connectivity index is 1.33. The van der Waals surface area contributed by atoms with Crippen LogP contribution in [0.15, 0.2) is 41.5 Å². The number of morpholine rings is 1. The summed E-state index contributed by atoms with van der Waals surface area (Å²) in [5.74, 6) is 0. The second kappa shape index (κ2) is 12.5. The molecule has 2 saturated heterocycles. The summed E-state index contributed by atoms with van der Waals surface area (Å²) in [7, 11) is 0. The van der Waals surface area contributed by atoms with E-state index in [1.165, 1.54) is 10.9 Å². The van der Waals surface area contributed by atoms with Gasteiger partial charge in [0.15, 0.2) is 5.65 Å². The molecule has 0 aliphatic carbocycles. The summed E-state index contributed by atoms with van der Waals surface area (Å²) < 4.78 is 20.1. The topological polar surface area (TPSA) is 128 Å². The molecule has 0 saturated carbocycles. The Hall–Kier alpha value is -3.61. The maximum absolute atomic E-state index is 13.5. The quantitative estimate of drug-likeness (QED) is 0.400. The molecule has 3 aromatic rings. The summed E-state index contributed by atoms with van der Waals surface area (Å²) >= 11 is 6.65. The Kier molecular flexibility index (Phi) is 9.20. The van der Waals surface area contributed by atoms with Crippen molar-refractivity contribution in [3.63, 3.8) is 0 Å². The predicted octanol–water partition coefficient (Wildman–Crippen LogP) is 5.30. The highest BCUT2D eigenvalue weighted by Crippen LogP contribution is 2.31. The summed E-state index contributed by atoms with van der Waals surface area (Å²) in [5, 5.41) is 11.9. The molecular weight excluding hydrogens is 614 g/mol. The molecule has 0 unspecified atom stereocenters. The van der Waals surface area contributed by atoms with Gasteiger partial charge >= 0.3 is 12.2 Å². The summed E-state index contributed by atoms with van der Waals surface area (Å²) in [6.45, 7) is 14.3. The molecule has 5 rings (SSSR count). The first-order valence-corrected chi connectivity index (χ1v) is 16.0. The van der Waals surface area contributed by atoms with Gasteiger partial charge in [-0.3, -0.25) is 18.8 Å². The van der Waals surface area contributed by atoms with Crippen LogP contribution in [0.5, 0.6) is 0 Å². The highest BCUT2D eigenvalue weighted by molar-refractivity contribution is 6.31. The predicted molar refractivity (Wildman–Crippen MR) is 173 cm³/mol. The molecule has 46 heavy (non-hydrogen) atoms. The summed E-state index contributed by atoms with van der Waals surface area (Å²) in [4.78, 5) is 46.9. The molecule has 0 spiro atoms. The third-order valence-corrected chi connectivity index (χ3v) is 8.36. The molecule has 1 aromatic carbocycles. The van der Waals surface area contributed by atoms with Gasteiger partial charge in [0.1, 0.15) is 22.7 Å². The second-order valence-electron chi connectivity index (χ2n) is 14.3. The number of benzene rings is 1. The maximum Gasteiger partial charge on any atom is 0.410 e. The molecule has 12 nitrogen and oxygen atoms in total. The number of aliphatic hydroxyl groups is 1. The molecule has 2 amide bonds. The van der Waals surface area contributed by atoms with Crippen LogP contribution in [0.1, 0.15) is 72.9 Å². The van der Waals surface area contributed by atoms with Crippen molar-refractivity contribution in [2.75, 3.05) is 26.2 Å². The largest absolute Gasteiger partial charge is 0.444 e. The van der Waals surface area contributed by atoms with Crippen molar-refractivity contribution in [2.24, 2.45) is 0 Å². The monoisotopic (exact) mass is 657 g/mol. The third-order valence-electron chi connectivity index (χ3n) is 8.08. The number of piperidine rings is 1. The third kappa shape index (κ3) is 7.50. The summed E-state index contributed by atoms with van der Waals surface area (Å²) in [6.07, 6.45) is 1.08. The molecule has 0 radical (unpaired) electrons. The Morgan fingerprint density at radius 1 is 1.04 bits per heavy atom. The van der Waals surface area contributed by atoms with Crippen LogP contribution < -0.4 is 5.56 Å². The van der Waals surface area contributed by atoms with E-state index in [4.69, 9.17) is 25.8 Å². The average molecular weight is 658 g/mol. The lowest BCUT2D eigenvalue weighted by Crippen LogP contribution is -2.50. The lowest BCUT2D eigenvalue weighted by atomic mass is 9.91. The van der Waals surface area contributed by atoms with E-state index in [0.717, 1.165) is 5.56 Å². The number of likely N-dealkylation sites (tertiary alicyclic amines) is 1. The van der Waals surface area contributed by atoms with Crippen LogP contribution in [0.3, 0.4) is 0 Å². The zero-order valence-electron chi connectivity index (χ0n) is 27.6. The lowest BCUT2D eigenvalue weighted by molar-refractivity contribution is -0.0644. The molecule has 2 aromatic heterocycles. The Labute approximate surface area is 273 Å². The Morgan fingerprint density at radius 3 is 2.26 bits per heavy atom. The zero-order valence-corrected chi connectivity index (χ0v) is 28.3. The van der Waals surface area contributed by atoms with E-state index in [-0.39, 0.29) is 24.2 Å². The first-order chi connectivity index (χ1) is 21.4. The molecule has 2 atom stereocenters. The van der Waals surface area contributed by atoms with Gasteiger partial charge in [-0.05, 0) is 85.1 Å². The van der Waals surface area contributed by atoms with Gasteiger partial charge in [0, 0.05) is 18.8 Å². The maximum atomic E-state index is 13.5. The number of carbonyl (C=O) groups is 2. The van der Waals surface area contributed by atoms with Gasteiger partial charge in [-0.1, -0.05) is 23.7 Å². The Morgan fingerprint density at radius 2 is 1.65 bits per heavy atom. The lowest BCUT2D eigenvalue weighted by Gasteiger charge is -2.39. The minimum absolute atomic E-state index is 0.0324. The van der Waals surface area contributed by atoms with E-state index >= 15 is 0 Å². The first kappa shape index (κ1) is 33.7. The minimum atomic E-state index is -1.19. The number of halogens is 1. The van der Waals surface area contributed by atoms with Crippen molar-refractivity contribution >= 4 is 34.8 Å². The van der Waals surface area contributed by atoms with Crippen molar-refractivity contribution < 1.29 is 28.9 Å². The number of carbonyl (C=O) groups excluding carboxylic acids is 2. The number of rotatable bonds is 4. The number of ether oxygens (including phenoxy) is 3. The molecule has 2 fully saturated rings. The summed E-state index contributed by atoms with van der Waals surface area (Å²) in [5.41, 5.74) is -0.797. The molecule has 4 heterocycles. The molecule has 13 heteroatoms. The standard InChI is InChI=1S/C33H44ClN5O7/c1-21-17-38(30(42)46-32(5,6)7)25(18-44-21)22-8-10-23(11-9-22)39-26(34)16-24-27(39)35-20-37(28(24)40)19-33(43)12-14-36(15-13-33)29(41)45-31(2,3)4/h8-11,16,20-21,25,43H,12-15,17-19H2,1-7H3/t21-,25-/m0/s1. The molecule has 1 N–H and O–H groups in total. The molecule has 250 valence electrons. The average Bonchev–Trinajstić information content (AvgIpc) is 3.29. The molecule has 0 bridgehead atoms. The van der Waals surface area contributed by atoms with Gasteiger partial charge in [-0.25, -0.2) is 14.6 Å². The second-order valence-corrected chi connectivity index (χ2v) is 14.7. The number of aromatic nitrogens is 3. The SMILES string of the molecule is C[C@H]1CN(C(=O)OC(C)(C)C)[C@H](c2ccc(-n3c(Cl)cc4c(=O)n(CC5(O)CCN(C(=O)OC(C)(C)C)CC5)cnc43)cc2)CO1. The van der Waals surface area contributed by atoms with Gasteiger partial charge in [-0.15, -0.1) is 0 Å². The van der Waals surface area contributed by atoms with E-state index in [2.05, 4.69) is 4.98 Å². The van der Waals surface area contributed by atoms with Crippen LogP contribution in [-0.2, 0) is 20.8 Å². The van der Waals surface area contributed by atoms with Gasteiger partial charge in [-0.2, -0.15) is 0 Å². The van der Waals surface area contributed by atoms with Crippen LogP contribution in [0.4, 0.5) is 9.59 Å². The van der Waals surface area contributed by atoms with Crippen molar-refractivity contribution in [3.8, 4) is 5.69 Å². The van der Waals surface area contributed by atoms with E-state index in [1.54, 1.807) is 20.4 Å². The summed E-state index contributed by atoms with van der Waals surface area (Å²) in [6, 6.07) is 8.77. The number of fused-ring (bicyclic) bond motifs is 1. The van der Waals surface area contributed by atoms with Crippen LogP contribution >= 0.6 is 11.6 Å². The first-order valence-electron chi connectivity index (χ1n) is 15.6. The number of amides is 2. The van der Waals surface area contributed by atoms with E-state index in [0.29, 0.717) is 61.0 Å². The van der Waals surface area contributed by atoms with Crippen LogP contribution in [0.2, 0.25) is 5.15 Å². The Bertz CT molecular complexity index is 1650. The van der Waals surface area contributed by atoms with Gasteiger partial charge in [0.2, 0.25) is 0 Å². The van der Waals surface area contributed by atoms with Gasteiger partial charge in [0.25, 0.3) is 5.56 Å². The molecule has 2 aliphatic rings. The highest BCUT2D eigenvalue weighted by atomic mass is 35.5. The fourth-order valence-corrected chi connectivity index (χ4v) is 6.08. The van der Waals surface area contributed by atoms with Crippen molar-refractivity contribution in [1.82, 2.24) is 23.9 Å². The fourth-order valence-electron chi connectivity index (χ4n) is 5.80. The van der Waals surface area contributed by atoms with Gasteiger partial charge in [0.05, 0.1) is 42.8 Å². The number of hydrogen-bond donors (Lipinski definition) is 1. The zero-order chi connectivity index (χ0) is 33.6. The normalized spacial score (nSPS) is 20.5. The minimum Gasteiger partial charge on any atom is -0.444 e. The van der Waals surface area contributed by atoms with Crippen molar-refractivity contribution in [3.05, 3.63) is 57.7 Å². The smallest absolute Gasteiger partial charge is 0.410 e. The fraction of sp³-hybridized carbons (Fsp3) is 0.576. The van der Waals surface area contributed by atoms with E-state index in [9.17, 15) is 19.5 Å². The van der Waals surface area contributed by atoms with Crippen molar-refractivity contribution in [1.29, 1.82) is 0 Å². The highest BCUT2D eigenvalue weighted by Gasteiger charge is 2.37. The number of nitrogens with zero attached hydrogens (tertiary/aromatic N) is 5. The van der Waals surface area contributed by atoms with E-state index in [1.807, 2.05) is 72.7 Å². The molecular formula is C33H44ClN5O7. The van der Waals surface area contributed by atoms with E-state index < -0.39 is 29.0 Å². The van der Waals surface area contributed by atoms with Gasteiger partial charge < -0.3 is 24.2 Å². The van der Waals surface area contributed by atoms with Crippen LogP contribution in [-0.4, -0.2) is 90.4 Å².